The van der Waals surface area contributed by atoms with Crippen LogP contribution in [0.4, 0.5) is 26.1 Å². The Morgan fingerprint density at radius 1 is 1.39 bits per heavy atom. The van der Waals surface area contributed by atoms with Crippen LogP contribution in [0.15, 0.2) is 29.4 Å². The van der Waals surface area contributed by atoms with Crippen molar-refractivity contribution in [1.29, 1.82) is 0 Å². The third-order valence-corrected chi connectivity index (χ3v) is 5.90. The highest BCUT2D eigenvalue weighted by atomic mass is 35.5. The van der Waals surface area contributed by atoms with Crippen LogP contribution >= 0.6 is 23.4 Å². The number of hydrogen-bond acceptors (Lipinski definition) is 5. The summed E-state index contributed by atoms with van der Waals surface area (Å²) in [4.78, 5) is 9.32. The topological polar surface area (TPSA) is 68.3 Å². The van der Waals surface area contributed by atoms with E-state index in [1.165, 1.54) is 0 Å². The van der Waals surface area contributed by atoms with Gasteiger partial charge in [0.25, 0.3) is 16.9 Å². The molecule has 1 aromatic heterocycles. The number of aromatic nitrogens is 2. The summed E-state index contributed by atoms with van der Waals surface area (Å²) in [5, 5.41) is 4.53. The molecule has 1 fully saturated rings. The van der Waals surface area contributed by atoms with Crippen molar-refractivity contribution in [3.63, 3.8) is 0 Å². The predicted molar refractivity (Wildman–Crippen MR) is 111 cm³/mol. The van der Waals surface area contributed by atoms with Gasteiger partial charge >= 0.3 is 0 Å². The van der Waals surface area contributed by atoms with E-state index in [0.717, 1.165) is 24.2 Å². The van der Waals surface area contributed by atoms with Gasteiger partial charge in [-0.05, 0) is 18.1 Å². The molecule has 28 heavy (non-hydrogen) atoms. The summed E-state index contributed by atoms with van der Waals surface area (Å²) < 4.78 is 27.5. The Labute approximate surface area is 173 Å². The van der Waals surface area contributed by atoms with E-state index in [0.29, 0.717) is 34.0 Å². The number of H-pyrrole nitrogens is 1. The molecule has 1 aromatic carbocycles. The SMILES string of the molecule is CCCCSc1nc(NCc2ccccc2Cl)c(N)c(N2CCC(F)(F)C2)[nH+]1. The van der Waals surface area contributed by atoms with Gasteiger partial charge in [0.15, 0.2) is 5.69 Å². The van der Waals surface area contributed by atoms with Gasteiger partial charge in [0.05, 0.1) is 6.54 Å². The average Bonchev–Trinajstić information content (AvgIpc) is 3.02. The highest BCUT2D eigenvalue weighted by molar-refractivity contribution is 7.99. The van der Waals surface area contributed by atoms with E-state index in [9.17, 15) is 8.78 Å². The molecule has 0 unspecified atom stereocenters. The number of benzene rings is 1. The number of unbranched alkanes of at least 4 members (excludes halogenated alkanes) is 1. The monoisotopic (exact) mass is 428 g/mol. The summed E-state index contributed by atoms with van der Waals surface area (Å²) >= 11 is 7.78. The zero-order chi connectivity index (χ0) is 20.1. The van der Waals surface area contributed by atoms with E-state index in [1.807, 2.05) is 24.3 Å². The van der Waals surface area contributed by atoms with Crippen LogP contribution in [0.25, 0.3) is 0 Å². The molecule has 4 N–H and O–H groups in total. The molecule has 1 aliphatic heterocycles. The summed E-state index contributed by atoms with van der Waals surface area (Å²) in [5.74, 6) is -0.844. The number of nitrogens with one attached hydrogen (secondary N) is 2. The highest BCUT2D eigenvalue weighted by Crippen LogP contribution is 2.34. The Morgan fingerprint density at radius 3 is 2.86 bits per heavy atom. The third-order valence-electron chi connectivity index (χ3n) is 4.58. The zero-order valence-electron chi connectivity index (χ0n) is 15.8. The van der Waals surface area contributed by atoms with E-state index in [1.54, 1.807) is 16.7 Å². The third kappa shape index (κ3) is 5.17. The number of rotatable bonds is 8. The van der Waals surface area contributed by atoms with Crippen molar-refractivity contribution < 1.29 is 13.8 Å². The summed E-state index contributed by atoms with van der Waals surface area (Å²) in [7, 11) is 0. The molecule has 0 saturated carbocycles. The normalized spacial score (nSPS) is 15.8. The van der Waals surface area contributed by atoms with E-state index < -0.39 is 5.92 Å². The smallest absolute Gasteiger partial charge is 0.298 e. The number of nitrogen functional groups attached to an aromatic ring is 1. The van der Waals surface area contributed by atoms with Crippen LogP contribution in [0.3, 0.4) is 0 Å². The van der Waals surface area contributed by atoms with Crippen LogP contribution in [0.5, 0.6) is 0 Å². The van der Waals surface area contributed by atoms with Crippen molar-refractivity contribution in [2.24, 2.45) is 0 Å². The quantitative estimate of drug-likeness (QED) is 0.368. The largest absolute Gasteiger partial charge is 0.389 e. The van der Waals surface area contributed by atoms with Crippen LogP contribution in [0.1, 0.15) is 31.7 Å². The van der Waals surface area contributed by atoms with Crippen molar-refractivity contribution >= 4 is 40.7 Å². The Hall–Kier alpha value is -1.80. The molecule has 0 atom stereocenters. The molecule has 5 nitrogen and oxygen atoms in total. The zero-order valence-corrected chi connectivity index (χ0v) is 17.3. The minimum Gasteiger partial charge on any atom is -0.389 e. The molecule has 0 radical (unpaired) electrons. The number of alkyl halides is 2. The summed E-state index contributed by atoms with van der Waals surface area (Å²) in [6.07, 6.45) is 1.94. The first-order valence-electron chi connectivity index (χ1n) is 9.35. The number of anilines is 3. The molecule has 2 heterocycles. The van der Waals surface area contributed by atoms with E-state index in [2.05, 4.69) is 22.2 Å². The lowest BCUT2D eigenvalue weighted by Gasteiger charge is -2.16. The van der Waals surface area contributed by atoms with Gasteiger partial charge in [0, 0.05) is 23.7 Å². The first kappa shape index (κ1) is 20.9. The van der Waals surface area contributed by atoms with Crippen LogP contribution in [-0.4, -0.2) is 29.7 Å². The van der Waals surface area contributed by atoms with Gasteiger partial charge in [-0.1, -0.05) is 59.9 Å². The Balaban J connectivity index is 1.85. The second kappa shape index (κ2) is 9.13. The number of aromatic amines is 1. The van der Waals surface area contributed by atoms with Crippen LogP contribution < -0.4 is 20.9 Å². The van der Waals surface area contributed by atoms with Crippen molar-refractivity contribution in [1.82, 2.24) is 4.98 Å². The van der Waals surface area contributed by atoms with Crippen LogP contribution in [-0.2, 0) is 6.54 Å². The minimum atomic E-state index is -2.70. The number of thioether (sulfide) groups is 1. The molecule has 1 aliphatic rings. The van der Waals surface area contributed by atoms with Crippen molar-refractivity contribution in [2.45, 2.75) is 43.8 Å². The molecule has 0 bridgehead atoms. The Kier molecular flexibility index (Phi) is 6.82. The number of halogens is 3. The molecule has 0 aliphatic carbocycles. The van der Waals surface area contributed by atoms with Gasteiger partial charge in [-0.15, -0.1) is 0 Å². The molecule has 0 spiro atoms. The van der Waals surface area contributed by atoms with Crippen LogP contribution in [0.2, 0.25) is 5.02 Å². The number of nitrogens with two attached hydrogens (primary N) is 1. The van der Waals surface area contributed by atoms with E-state index >= 15 is 0 Å². The minimum absolute atomic E-state index is 0.177. The number of nitrogens with zero attached hydrogens (tertiary/aromatic N) is 2. The lowest BCUT2D eigenvalue weighted by atomic mass is 10.2. The standard InChI is InChI=1S/C19H24ClF2N5S/c1-2-3-10-28-18-25-16(24-11-13-6-4-5-7-14(13)20)15(23)17(26-18)27-9-8-19(21,22)12-27/h4-7H,2-3,8-12,23H2,1H3,(H,24,25,26)/p+1. The van der Waals surface area contributed by atoms with Crippen molar-refractivity contribution in [3.8, 4) is 0 Å². The molecule has 152 valence electrons. The molecule has 2 aromatic rings. The number of hydrogen-bond donors (Lipinski definition) is 2. The maximum absolute atomic E-state index is 13.7. The summed E-state index contributed by atoms with van der Waals surface area (Å²) in [6.45, 7) is 2.46. The molecular formula is C19H25ClF2N5S+. The van der Waals surface area contributed by atoms with Crippen LogP contribution in [0, 0.1) is 0 Å². The first-order chi connectivity index (χ1) is 13.4. The van der Waals surface area contributed by atoms with Gasteiger partial charge in [-0.3, -0.25) is 4.90 Å². The molecule has 9 heteroatoms. The fraction of sp³-hybridized carbons (Fsp3) is 0.474. The lowest BCUT2D eigenvalue weighted by molar-refractivity contribution is -0.419. The molecule has 3 rings (SSSR count). The summed E-state index contributed by atoms with van der Waals surface area (Å²) in [6, 6.07) is 7.50. The van der Waals surface area contributed by atoms with Gasteiger partial charge in [-0.2, -0.15) is 0 Å². The van der Waals surface area contributed by atoms with Crippen molar-refractivity contribution in [3.05, 3.63) is 34.9 Å². The maximum Gasteiger partial charge on any atom is 0.298 e. The highest BCUT2D eigenvalue weighted by Gasteiger charge is 2.43. The second-order valence-corrected chi connectivity index (χ2v) is 8.32. The maximum atomic E-state index is 13.7. The van der Waals surface area contributed by atoms with E-state index in [4.69, 9.17) is 17.3 Å². The van der Waals surface area contributed by atoms with Gasteiger partial charge in [-0.25, -0.2) is 13.8 Å². The van der Waals surface area contributed by atoms with Gasteiger partial charge in [0.2, 0.25) is 5.82 Å². The lowest BCUT2D eigenvalue weighted by Crippen LogP contribution is -2.32. The molecule has 1 saturated heterocycles. The average molecular weight is 429 g/mol. The molecule has 0 amide bonds. The Morgan fingerprint density at radius 2 is 2.18 bits per heavy atom. The van der Waals surface area contributed by atoms with Gasteiger partial charge < -0.3 is 11.1 Å². The molecular weight excluding hydrogens is 404 g/mol. The summed E-state index contributed by atoms with van der Waals surface area (Å²) in [5.41, 5.74) is 7.54. The van der Waals surface area contributed by atoms with E-state index in [-0.39, 0.29) is 19.5 Å². The fourth-order valence-corrected chi connectivity index (χ4v) is 4.14. The fourth-order valence-electron chi connectivity index (χ4n) is 2.98. The Bertz CT molecular complexity index is 821. The first-order valence-corrected chi connectivity index (χ1v) is 10.7. The van der Waals surface area contributed by atoms with Crippen molar-refractivity contribution in [2.75, 3.05) is 34.8 Å². The second-order valence-electron chi connectivity index (χ2n) is 6.83. The predicted octanol–water partition coefficient (Wildman–Crippen LogP) is 4.48. The van der Waals surface area contributed by atoms with Gasteiger partial charge in [0.1, 0.15) is 6.54 Å².